The first kappa shape index (κ1) is 11.0. The van der Waals surface area contributed by atoms with Crippen LogP contribution in [0.5, 0.6) is 0 Å². The van der Waals surface area contributed by atoms with Gasteiger partial charge in [0.2, 0.25) is 11.8 Å². The molecule has 0 saturated carbocycles. The third-order valence-electron chi connectivity index (χ3n) is 2.31. The van der Waals surface area contributed by atoms with Gasteiger partial charge in [0.15, 0.2) is 0 Å². The van der Waals surface area contributed by atoms with Crippen molar-refractivity contribution in [3.63, 3.8) is 0 Å². The lowest BCUT2D eigenvalue weighted by atomic mass is 10.1. The van der Waals surface area contributed by atoms with Gasteiger partial charge in [-0.3, -0.25) is 9.59 Å². The minimum absolute atomic E-state index is 0.0724. The summed E-state index contributed by atoms with van der Waals surface area (Å²) in [4.78, 5) is 21.9. The lowest BCUT2D eigenvalue weighted by Gasteiger charge is -2.14. The first-order valence-corrected chi connectivity index (χ1v) is 4.99. The van der Waals surface area contributed by atoms with Crippen LogP contribution in [-0.2, 0) is 9.59 Å². The summed E-state index contributed by atoms with van der Waals surface area (Å²) >= 11 is 0. The van der Waals surface area contributed by atoms with Gasteiger partial charge >= 0.3 is 0 Å². The molecule has 1 atom stereocenters. The van der Waals surface area contributed by atoms with Crippen LogP contribution in [-0.4, -0.2) is 30.9 Å². The van der Waals surface area contributed by atoms with Crippen molar-refractivity contribution in [2.45, 2.75) is 31.7 Å². The normalized spacial score (nSPS) is 22.4. The number of nitrogens with one attached hydrogen (secondary N) is 2. The van der Waals surface area contributed by atoms with Crippen LogP contribution in [0.25, 0.3) is 0 Å². The first-order valence-electron chi connectivity index (χ1n) is 4.99. The van der Waals surface area contributed by atoms with Crippen molar-refractivity contribution in [3.8, 4) is 0 Å². The Kier molecular flexibility index (Phi) is 4.39. The second-order valence-corrected chi connectivity index (χ2v) is 3.54. The van der Waals surface area contributed by atoms with Crippen molar-refractivity contribution in [1.29, 1.82) is 0 Å². The van der Waals surface area contributed by atoms with E-state index in [2.05, 4.69) is 10.6 Å². The smallest absolute Gasteiger partial charge is 0.237 e. The topological polar surface area (TPSA) is 84.2 Å². The standard InChI is InChI=1S/C9H17N3O2/c10-8(13)6-12-9(14)7-4-2-1-3-5-11-7/h7,11H,1-6H2,(H2,10,13)(H,12,14). The van der Waals surface area contributed by atoms with Gasteiger partial charge in [0, 0.05) is 0 Å². The molecule has 5 heteroatoms. The van der Waals surface area contributed by atoms with Crippen LogP contribution in [0.15, 0.2) is 0 Å². The largest absolute Gasteiger partial charge is 0.368 e. The Balaban J connectivity index is 2.30. The van der Waals surface area contributed by atoms with Gasteiger partial charge in [0.05, 0.1) is 12.6 Å². The zero-order valence-electron chi connectivity index (χ0n) is 8.21. The quantitative estimate of drug-likeness (QED) is 0.552. The average molecular weight is 199 g/mol. The van der Waals surface area contributed by atoms with E-state index in [1.54, 1.807) is 0 Å². The van der Waals surface area contributed by atoms with E-state index in [0.717, 1.165) is 32.2 Å². The summed E-state index contributed by atoms with van der Waals surface area (Å²) in [6, 6.07) is -0.156. The highest BCUT2D eigenvalue weighted by Crippen LogP contribution is 2.07. The Bertz CT molecular complexity index is 210. The molecule has 2 amide bonds. The molecule has 4 N–H and O–H groups in total. The van der Waals surface area contributed by atoms with Crippen LogP contribution < -0.4 is 16.4 Å². The van der Waals surface area contributed by atoms with E-state index in [0.29, 0.717) is 0 Å². The van der Waals surface area contributed by atoms with E-state index in [9.17, 15) is 9.59 Å². The molecular weight excluding hydrogens is 182 g/mol. The van der Waals surface area contributed by atoms with Crippen LogP contribution >= 0.6 is 0 Å². The molecule has 1 heterocycles. The van der Waals surface area contributed by atoms with Crippen LogP contribution in [0.1, 0.15) is 25.7 Å². The zero-order chi connectivity index (χ0) is 10.4. The lowest BCUT2D eigenvalue weighted by molar-refractivity contribution is -0.126. The second kappa shape index (κ2) is 5.59. The summed E-state index contributed by atoms with van der Waals surface area (Å²) < 4.78 is 0. The number of hydrogen-bond acceptors (Lipinski definition) is 3. The fraction of sp³-hybridized carbons (Fsp3) is 0.778. The van der Waals surface area contributed by atoms with Crippen molar-refractivity contribution < 1.29 is 9.59 Å². The summed E-state index contributed by atoms with van der Waals surface area (Å²) in [6.45, 7) is 0.797. The summed E-state index contributed by atoms with van der Waals surface area (Å²) in [5, 5.41) is 5.64. The van der Waals surface area contributed by atoms with Gasteiger partial charge in [-0.2, -0.15) is 0 Å². The average Bonchev–Trinajstić information content (AvgIpc) is 2.42. The number of carbonyl (C=O) groups excluding carboxylic acids is 2. The minimum atomic E-state index is -0.507. The van der Waals surface area contributed by atoms with Crippen LogP contribution in [0.3, 0.4) is 0 Å². The fourth-order valence-electron chi connectivity index (χ4n) is 1.55. The molecule has 5 nitrogen and oxygen atoms in total. The van der Waals surface area contributed by atoms with Gasteiger partial charge in [-0.15, -0.1) is 0 Å². The number of rotatable bonds is 3. The Labute approximate surface area is 83.4 Å². The maximum Gasteiger partial charge on any atom is 0.237 e. The monoisotopic (exact) mass is 199 g/mol. The molecule has 14 heavy (non-hydrogen) atoms. The number of nitrogens with two attached hydrogens (primary N) is 1. The lowest BCUT2D eigenvalue weighted by Crippen LogP contribution is -2.46. The van der Waals surface area contributed by atoms with Gasteiger partial charge in [-0.05, 0) is 19.4 Å². The highest BCUT2D eigenvalue weighted by Gasteiger charge is 2.18. The van der Waals surface area contributed by atoms with Crippen LogP contribution in [0.2, 0.25) is 0 Å². The van der Waals surface area contributed by atoms with Crippen molar-refractivity contribution in [2.24, 2.45) is 5.73 Å². The molecule has 0 spiro atoms. The SMILES string of the molecule is NC(=O)CNC(=O)C1CCCCCN1. The van der Waals surface area contributed by atoms with E-state index < -0.39 is 5.91 Å². The highest BCUT2D eigenvalue weighted by molar-refractivity contribution is 5.86. The first-order chi connectivity index (χ1) is 6.70. The van der Waals surface area contributed by atoms with Crippen LogP contribution in [0, 0.1) is 0 Å². The summed E-state index contributed by atoms with van der Waals surface area (Å²) in [5.41, 5.74) is 4.93. The van der Waals surface area contributed by atoms with E-state index in [1.807, 2.05) is 0 Å². The third-order valence-corrected chi connectivity index (χ3v) is 2.31. The number of hydrogen-bond donors (Lipinski definition) is 3. The van der Waals surface area contributed by atoms with Crippen molar-refractivity contribution in [1.82, 2.24) is 10.6 Å². The maximum atomic E-state index is 11.5. The van der Waals surface area contributed by atoms with E-state index >= 15 is 0 Å². The molecule has 80 valence electrons. The van der Waals surface area contributed by atoms with Crippen molar-refractivity contribution >= 4 is 11.8 Å². The molecule has 1 rings (SSSR count). The van der Waals surface area contributed by atoms with Gasteiger partial charge in [-0.25, -0.2) is 0 Å². The van der Waals surface area contributed by atoms with Crippen LogP contribution in [0.4, 0.5) is 0 Å². The molecule has 1 aliphatic heterocycles. The molecule has 0 aromatic carbocycles. The molecule has 1 unspecified atom stereocenters. The number of primary amides is 1. The Morgan fingerprint density at radius 3 is 2.86 bits per heavy atom. The summed E-state index contributed by atoms with van der Waals surface area (Å²) in [7, 11) is 0. The van der Waals surface area contributed by atoms with Crippen molar-refractivity contribution in [3.05, 3.63) is 0 Å². The maximum absolute atomic E-state index is 11.5. The van der Waals surface area contributed by atoms with E-state index in [4.69, 9.17) is 5.73 Å². The Morgan fingerprint density at radius 2 is 2.14 bits per heavy atom. The van der Waals surface area contributed by atoms with Gasteiger partial charge in [-0.1, -0.05) is 12.8 Å². The van der Waals surface area contributed by atoms with Gasteiger partial charge in [0.25, 0.3) is 0 Å². The summed E-state index contributed by atoms with van der Waals surface area (Å²) in [6.07, 6.45) is 4.17. The molecule has 0 bridgehead atoms. The minimum Gasteiger partial charge on any atom is -0.368 e. The summed E-state index contributed by atoms with van der Waals surface area (Å²) in [5.74, 6) is -0.627. The Hall–Kier alpha value is -1.10. The molecule has 0 aromatic heterocycles. The molecule has 0 radical (unpaired) electrons. The zero-order valence-corrected chi connectivity index (χ0v) is 8.21. The van der Waals surface area contributed by atoms with Gasteiger partial charge in [0.1, 0.15) is 0 Å². The van der Waals surface area contributed by atoms with Crippen molar-refractivity contribution in [2.75, 3.05) is 13.1 Å². The highest BCUT2D eigenvalue weighted by atomic mass is 16.2. The predicted molar refractivity (Wildman–Crippen MR) is 52.5 cm³/mol. The van der Waals surface area contributed by atoms with E-state index in [1.165, 1.54) is 0 Å². The molecule has 0 aromatic rings. The van der Waals surface area contributed by atoms with Gasteiger partial charge < -0.3 is 16.4 Å². The predicted octanol–water partition coefficient (Wildman–Crippen LogP) is -0.880. The molecule has 0 aliphatic carbocycles. The fourth-order valence-corrected chi connectivity index (χ4v) is 1.55. The number of carbonyl (C=O) groups is 2. The molecule has 1 fully saturated rings. The Morgan fingerprint density at radius 1 is 1.36 bits per heavy atom. The van der Waals surface area contributed by atoms with E-state index in [-0.39, 0.29) is 18.5 Å². The second-order valence-electron chi connectivity index (χ2n) is 3.54. The molecular formula is C9H17N3O2. The third kappa shape index (κ3) is 3.74. The molecule has 1 aliphatic rings. The molecule has 1 saturated heterocycles. The number of amides is 2.